The number of amides is 2. The van der Waals surface area contributed by atoms with Crippen LogP contribution in [-0.2, 0) is 9.59 Å². The molecule has 0 spiro atoms. The van der Waals surface area contributed by atoms with E-state index in [1.807, 2.05) is 0 Å². The third-order valence-electron chi connectivity index (χ3n) is 2.62. The Kier molecular flexibility index (Phi) is 3.22. The van der Waals surface area contributed by atoms with Crippen LogP contribution in [0.2, 0.25) is 0 Å². The van der Waals surface area contributed by atoms with Crippen molar-refractivity contribution < 1.29 is 19.5 Å². The zero-order valence-corrected chi connectivity index (χ0v) is 9.34. The summed E-state index contributed by atoms with van der Waals surface area (Å²) in [5, 5.41) is 13.9. The van der Waals surface area contributed by atoms with E-state index in [1.165, 1.54) is 18.5 Å². The van der Waals surface area contributed by atoms with Gasteiger partial charge < -0.3 is 15.7 Å². The summed E-state index contributed by atoms with van der Waals surface area (Å²) in [4.78, 5) is 37.5. The predicted molar refractivity (Wildman–Crippen MR) is 61.0 cm³/mol. The van der Waals surface area contributed by atoms with Crippen LogP contribution in [0.5, 0.6) is 0 Å². The first-order valence-electron chi connectivity index (χ1n) is 5.35. The molecule has 2 rings (SSSR count). The molecular weight excluding hydrogens is 238 g/mol. The van der Waals surface area contributed by atoms with E-state index in [-0.39, 0.29) is 17.2 Å². The summed E-state index contributed by atoms with van der Waals surface area (Å²) in [6.07, 6.45) is 3.30. The predicted octanol–water partition coefficient (Wildman–Crippen LogP) is -0.00310. The van der Waals surface area contributed by atoms with Crippen molar-refractivity contribution >= 4 is 23.5 Å². The number of nitrogens with one attached hydrogen (secondary N) is 2. The average Bonchev–Trinajstić information content (AvgIpc) is 2.76. The van der Waals surface area contributed by atoms with E-state index in [4.69, 9.17) is 5.11 Å². The fraction of sp³-hybridized carbons (Fsp3) is 0.273. The monoisotopic (exact) mass is 249 g/mol. The zero-order valence-electron chi connectivity index (χ0n) is 9.34. The maximum atomic E-state index is 11.8. The Morgan fingerprint density at radius 1 is 1.50 bits per heavy atom. The number of carboxylic acid groups (broad SMARTS) is 1. The van der Waals surface area contributed by atoms with E-state index in [2.05, 4.69) is 15.6 Å². The second-order valence-corrected chi connectivity index (χ2v) is 3.87. The molecule has 1 aliphatic heterocycles. The van der Waals surface area contributed by atoms with Crippen LogP contribution >= 0.6 is 0 Å². The quantitative estimate of drug-likeness (QED) is 0.698. The van der Waals surface area contributed by atoms with E-state index >= 15 is 0 Å². The lowest BCUT2D eigenvalue weighted by Gasteiger charge is -2.12. The molecule has 3 N–H and O–H groups in total. The van der Waals surface area contributed by atoms with Crippen LogP contribution in [0.4, 0.5) is 5.69 Å². The van der Waals surface area contributed by atoms with Crippen LogP contribution in [-0.4, -0.2) is 33.9 Å². The fourth-order valence-corrected chi connectivity index (χ4v) is 1.71. The topological polar surface area (TPSA) is 108 Å². The maximum Gasteiger partial charge on any atom is 0.337 e. The SMILES string of the molecule is O=C1CC[C@H](C(=O)Nc2cnccc2C(=O)O)N1. The molecule has 0 radical (unpaired) electrons. The van der Waals surface area contributed by atoms with Crippen LogP contribution in [0.15, 0.2) is 18.5 Å². The molecule has 7 nitrogen and oxygen atoms in total. The van der Waals surface area contributed by atoms with Gasteiger partial charge in [0.05, 0.1) is 17.4 Å². The second-order valence-electron chi connectivity index (χ2n) is 3.87. The van der Waals surface area contributed by atoms with Crippen molar-refractivity contribution in [2.24, 2.45) is 0 Å². The van der Waals surface area contributed by atoms with Gasteiger partial charge in [-0.15, -0.1) is 0 Å². The molecule has 1 fully saturated rings. The van der Waals surface area contributed by atoms with Crippen LogP contribution in [0.25, 0.3) is 0 Å². The smallest absolute Gasteiger partial charge is 0.337 e. The normalized spacial score (nSPS) is 18.2. The van der Waals surface area contributed by atoms with Crippen molar-refractivity contribution in [1.82, 2.24) is 10.3 Å². The molecule has 1 atom stereocenters. The van der Waals surface area contributed by atoms with E-state index < -0.39 is 17.9 Å². The lowest BCUT2D eigenvalue weighted by atomic mass is 10.2. The van der Waals surface area contributed by atoms with Crippen LogP contribution in [0, 0.1) is 0 Å². The summed E-state index contributed by atoms with van der Waals surface area (Å²) < 4.78 is 0. The minimum Gasteiger partial charge on any atom is -0.478 e. The molecule has 1 aromatic heterocycles. The van der Waals surface area contributed by atoms with Gasteiger partial charge >= 0.3 is 5.97 Å². The van der Waals surface area contributed by atoms with Gasteiger partial charge in [0.15, 0.2) is 0 Å². The molecule has 2 amide bonds. The summed E-state index contributed by atoms with van der Waals surface area (Å²) in [5.74, 6) is -1.76. The third-order valence-corrected chi connectivity index (χ3v) is 2.62. The number of anilines is 1. The van der Waals surface area contributed by atoms with Crippen LogP contribution in [0.3, 0.4) is 0 Å². The minimum atomic E-state index is -1.15. The molecule has 0 saturated carbocycles. The number of rotatable bonds is 3. The molecule has 2 heterocycles. The summed E-state index contributed by atoms with van der Waals surface area (Å²) in [6.45, 7) is 0. The van der Waals surface area contributed by atoms with Gasteiger partial charge in [-0.05, 0) is 12.5 Å². The summed E-state index contributed by atoms with van der Waals surface area (Å²) in [6, 6.07) is 0.685. The van der Waals surface area contributed by atoms with Crippen molar-refractivity contribution in [2.45, 2.75) is 18.9 Å². The number of carbonyl (C=O) groups is 3. The summed E-state index contributed by atoms with van der Waals surface area (Å²) >= 11 is 0. The molecule has 1 aliphatic rings. The lowest BCUT2D eigenvalue weighted by molar-refractivity contribution is -0.122. The van der Waals surface area contributed by atoms with Gasteiger partial charge in [0.2, 0.25) is 11.8 Å². The Bertz CT molecular complexity index is 515. The number of carbonyl (C=O) groups excluding carboxylic acids is 2. The van der Waals surface area contributed by atoms with E-state index in [1.54, 1.807) is 0 Å². The first-order valence-corrected chi connectivity index (χ1v) is 5.35. The highest BCUT2D eigenvalue weighted by Gasteiger charge is 2.27. The molecule has 0 bridgehead atoms. The second kappa shape index (κ2) is 4.82. The van der Waals surface area contributed by atoms with Crippen LogP contribution in [0.1, 0.15) is 23.2 Å². The van der Waals surface area contributed by atoms with Crippen molar-refractivity contribution in [2.75, 3.05) is 5.32 Å². The number of nitrogens with zero attached hydrogens (tertiary/aromatic N) is 1. The number of carboxylic acids is 1. The molecule has 1 saturated heterocycles. The standard InChI is InChI=1S/C11H11N3O4/c15-9-2-1-7(13-9)10(16)14-8-5-12-4-3-6(8)11(17)18/h3-5,7H,1-2H2,(H,13,15)(H,14,16)(H,17,18)/t7-/m1/s1. The van der Waals surface area contributed by atoms with Crippen molar-refractivity contribution in [1.29, 1.82) is 0 Å². The largest absolute Gasteiger partial charge is 0.478 e. The van der Waals surface area contributed by atoms with Crippen molar-refractivity contribution in [3.63, 3.8) is 0 Å². The summed E-state index contributed by atoms with van der Waals surface area (Å²) in [5.41, 5.74) is 0.0822. The molecule has 0 aromatic carbocycles. The van der Waals surface area contributed by atoms with Crippen molar-refractivity contribution in [3.05, 3.63) is 24.0 Å². The molecule has 0 unspecified atom stereocenters. The fourth-order valence-electron chi connectivity index (χ4n) is 1.71. The minimum absolute atomic E-state index is 0.0392. The maximum absolute atomic E-state index is 11.8. The van der Waals surface area contributed by atoms with Gasteiger partial charge in [-0.1, -0.05) is 0 Å². The lowest BCUT2D eigenvalue weighted by Crippen LogP contribution is -2.37. The van der Waals surface area contributed by atoms with Gasteiger partial charge in [-0.2, -0.15) is 0 Å². The van der Waals surface area contributed by atoms with Gasteiger partial charge in [-0.25, -0.2) is 4.79 Å². The number of aromatic nitrogens is 1. The van der Waals surface area contributed by atoms with Gasteiger partial charge in [0.25, 0.3) is 0 Å². The van der Waals surface area contributed by atoms with Gasteiger partial charge in [0, 0.05) is 12.6 Å². The highest BCUT2D eigenvalue weighted by molar-refractivity contribution is 6.03. The Hall–Kier alpha value is -2.44. The van der Waals surface area contributed by atoms with Gasteiger partial charge in [-0.3, -0.25) is 14.6 Å². The Balaban J connectivity index is 2.12. The number of hydrogen-bond donors (Lipinski definition) is 3. The zero-order chi connectivity index (χ0) is 13.1. The molecule has 0 aliphatic carbocycles. The van der Waals surface area contributed by atoms with Gasteiger partial charge in [0.1, 0.15) is 6.04 Å². The number of aromatic carboxylic acids is 1. The molecule has 1 aromatic rings. The highest BCUT2D eigenvalue weighted by atomic mass is 16.4. The molecular formula is C11H11N3O4. The Morgan fingerprint density at radius 2 is 2.28 bits per heavy atom. The van der Waals surface area contributed by atoms with E-state index in [0.717, 1.165) is 0 Å². The van der Waals surface area contributed by atoms with Crippen molar-refractivity contribution in [3.8, 4) is 0 Å². The highest BCUT2D eigenvalue weighted by Crippen LogP contribution is 2.15. The number of hydrogen-bond acceptors (Lipinski definition) is 4. The van der Waals surface area contributed by atoms with E-state index in [9.17, 15) is 14.4 Å². The first kappa shape index (κ1) is 12.0. The Morgan fingerprint density at radius 3 is 2.89 bits per heavy atom. The molecule has 7 heteroatoms. The molecule has 18 heavy (non-hydrogen) atoms. The number of pyridine rings is 1. The Labute approximate surface area is 102 Å². The average molecular weight is 249 g/mol. The van der Waals surface area contributed by atoms with Crippen LogP contribution < -0.4 is 10.6 Å². The first-order chi connectivity index (χ1) is 8.58. The third kappa shape index (κ3) is 2.45. The molecule has 94 valence electrons. The van der Waals surface area contributed by atoms with E-state index in [0.29, 0.717) is 12.8 Å². The summed E-state index contributed by atoms with van der Waals surface area (Å²) in [7, 11) is 0.